The van der Waals surface area contributed by atoms with E-state index in [2.05, 4.69) is 4.98 Å². The average molecular weight is 286 g/mol. The van der Waals surface area contributed by atoms with Gasteiger partial charge in [0.2, 0.25) is 0 Å². The molecule has 0 unspecified atom stereocenters. The topological polar surface area (TPSA) is 53.4 Å². The molecule has 1 aliphatic rings. The van der Waals surface area contributed by atoms with Gasteiger partial charge in [-0.05, 0) is 44.0 Å². The van der Waals surface area contributed by atoms with Crippen molar-refractivity contribution in [2.24, 2.45) is 0 Å². The van der Waals surface area contributed by atoms with Crippen LogP contribution in [0.15, 0.2) is 43.0 Å². The number of ether oxygens (including phenoxy) is 2. The summed E-state index contributed by atoms with van der Waals surface area (Å²) >= 11 is 0. The fourth-order valence-corrected chi connectivity index (χ4v) is 2.44. The van der Waals surface area contributed by atoms with E-state index in [0.29, 0.717) is 12.2 Å². The summed E-state index contributed by atoms with van der Waals surface area (Å²) in [6.07, 6.45) is 7.57. The van der Waals surface area contributed by atoms with Crippen molar-refractivity contribution >= 4 is 5.97 Å². The quantitative estimate of drug-likeness (QED) is 0.811. The Kier molecular flexibility index (Phi) is 4.01. The van der Waals surface area contributed by atoms with Crippen LogP contribution in [0.4, 0.5) is 0 Å². The zero-order valence-corrected chi connectivity index (χ0v) is 11.9. The number of carbonyl (C=O) groups excluding carboxylic acids is 1. The Hall–Kier alpha value is -2.14. The van der Waals surface area contributed by atoms with E-state index in [1.54, 1.807) is 24.7 Å². The molecule has 0 bridgehead atoms. The zero-order valence-electron chi connectivity index (χ0n) is 11.9. The van der Waals surface area contributed by atoms with Crippen LogP contribution in [0, 0.1) is 0 Å². The maximum Gasteiger partial charge on any atom is 0.338 e. The van der Waals surface area contributed by atoms with Crippen molar-refractivity contribution in [2.75, 3.05) is 6.61 Å². The summed E-state index contributed by atoms with van der Waals surface area (Å²) in [4.78, 5) is 16.0. The third-order valence-corrected chi connectivity index (χ3v) is 3.63. The number of benzene rings is 1. The Bertz CT molecular complexity index is 592. The van der Waals surface area contributed by atoms with Crippen molar-refractivity contribution < 1.29 is 14.3 Å². The first-order valence-electron chi connectivity index (χ1n) is 7.13. The van der Waals surface area contributed by atoms with Crippen LogP contribution in [0.2, 0.25) is 0 Å². The standard InChI is InChI=1S/C16H18N2O3/c1-12-2-7-15(21-12)10-20-16(19)13-3-5-14(6-4-13)18-9-8-17-11-18/h3-6,8-9,11-12,15H,2,7,10H2,1H3/t12-,15+/m0/s1. The SMILES string of the molecule is C[C@H]1CC[C@H](COC(=O)c2ccc(-n3ccnc3)cc2)O1. The maximum absolute atomic E-state index is 12.0. The number of imidazole rings is 1. The molecule has 1 saturated heterocycles. The molecule has 5 nitrogen and oxygen atoms in total. The van der Waals surface area contributed by atoms with Gasteiger partial charge in [0.15, 0.2) is 0 Å². The molecule has 0 N–H and O–H groups in total. The molecule has 0 radical (unpaired) electrons. The molecule has 1 aromatic heterocycles. The number of rotatable bonds is 4. The van der Waals surface area contributed by atoms with Gasteiger partial charge < -0.3 is 14.0 Å². The van der Waals surface area contributed by atoms with E-state index in [9.17, 15) is 4.79 Å². The predicted molar refractivity (Wildman–Crippen MR) is 77.4 cm³/mol. The van der Waals surface area contributed by atoms with Crippen LogP contribution in [-0.2, 0) is 9.47 Å². The molecule has 0 spiro atoms. The lowest BCUT2D eigenvalue weighted by atomic mass is 10.2. The Balaban J connectivity index is 1.57. The van der Waals surface area contributed by atoms with Crippen LogP contribution in [0.5, 0.6) is 0 Å². The zero-order chi connectivity index (χ0) is 14.7. The van der Waals surface area contributed by atoms with Gasteiger partial charge in [0.1, 0.15) is 6.61 Å². The number of hydrogen-bond donors (Lipinski definition) is 0. The molecule has 1 fully saturated rings. The number of carbonyl (C=O) groups is 1. The number of nitrogens with zero attached hydrogens (tertiary/aromatic N) is 2. The molecule has 2 atom stereocenters. The lowest BCUT2D eigenvalue weighted by molar-refractivity contribution is -0.00265. The summed E-state index contributed by atoms with van der Waals surface area (Å²) in [6, 6.07) is 7.25. The first-order valence-corrected chi connectivity index (χ1v) is 7.13. The minimum atomic E-state index is -0.310. The van der Waals surface area contributed by atoms with Gasteiger partial charge in [-0.2, -0.15) is 0 Å². The first kappa shape index (κ1) is 13.8. The van der Waals surface area contributed by atoms with E-state index < -0.39 is 0 Å². The minimum Gasteiger partial charge on any atom is -0.459 e. The number of esters is 1. The third-order valence-electron chi connectivity index (χ3n) is 3.63. The van der Waals surface area contributed by atoms with E-state index in [1.807, 2.05) is 29.8 Å². The van der Waals surface area contributed by atoms with Crippen molar-refractivity contribution in [3.8, 4) is 5.69 Å². The highest BCUT2D eigenvalue weighted by Crippen LogP contribution is 2.19. The van der Waals surface area contributed by atoms with Gasteiger partial charge in [-0.15, -0.1) is 0 Å². The van der Waals surface area contributed by atoms with Gasteiger partial charge >= 0.3 is 5.97 Å². The van der Waals surface area contributed by atoms with Gasteiger partial charge in [-0.1, -0.05) is 0 Å². The van der Waals surface area contributed by atoms with E-state index in [0.717, 1.165) is 18.5 Å². The van der Waals surface area contributed by atoms with Crippen LogP contribution in [0.1, 0.15) is 30.1 Å². The Morgan fingerprint density at radius 3 is 2.81 bits per heavy atom. The minimum absolute atomic E-state index is 0.0363. The molecule has 1 aromatic carbocycles. The smallest absolute Gasteiger partial charge is 0.338 e. The van der Waals surface area contributed by atoms with Crippen LogP contribution in [-0.4, -0.2) is 34.3 Å². The largest absolute Gasteiger partial charge is 0.459 e. The molecule has 110 valence electrons. The summed E-state index contributed by atoms with van der Waals surface area (Å²) in [5.41, 5.74) is 1.50. The molecule has 5 heteroatoms. The van der Waals surface area contributed by atoms with Crippen molar-refractivity contribution in [1.29, 1.82) is 0 Å². The lowest BCUT2D eigenvalue weighted by Crippen LogP contribution is -2.19. The van der Waals surface area contributed by atoms with E-state index >= 15 is 0 Å². The van der Waals surface area contributed by atoms with Gasteiger partial charge in [-0.25, -0.2) is 9.78 Å². The Morgan fingerprint density at radius 2 is 2.19 bits per heavy atom. The fourth-order valence-electron chi connectivity index (χ4n) is 2.44. The average Bonchev–Trinajstić information content (AvgIpc) is 3.16. The molecule has 2 heterocycles. The van der Waals surface area contributed by atoms with E-state index in [-0.39, 0.29) is 18.2 Å². The summed E-state index contributed by atoms with van der Waals surface area (Å²) in [7, 11) is 0. The van der Waals surface area contributed by atoms with Gasteiger partial charge in [0.05, 0.1) is 24.1 Å². The molecule has 21 heavy (non-hydrogen) atoms. The first-order chi connectivity index (χ1) is 10.2. The molecular weight excluding hydrogens is 268 g/mol. The van der Waals surface area contributed by atoms with Crippen molar-refractivity contribution in [1.82, 2.24) is 9.55 Å². The van der Waals surface area contributed by atoms with E-state index in [4.69, 9.17) is 9.47 Å². The van der Waals surface area contributed by atoms with Crippen LogP contribution >= 0.6 is 0 Å². The van der Waals surface area contributed by atoms with Crippen molar-refractivity contribution in [3.05, 3.63) is 48.5 Å². The summed E-state index contributed by atoms with van der Waals surface area (Å²) in [5.74, 6) is -0.310. The van der Waals surface area contributed by atoms with Crippen molar-refractivity contribution in [3.63, 3.8) is 0 Å². The molecule has 0 aliphatic carbocycles. The fraction of sp³-hybridized carbons (Fsp3) is 0.375. The summed E-state index contributed by atoms with van der Waals surface area (Å²) in [5, 5.41) is 0. The van der Waals surface area contributed by atoms with E-state index in [1.165, 1.54) is 0 Å². The van der Waals surface area contributed by atoms with Gasteiger partial charge in [0, 0.05) is 18.1 Å². The Morgan fingerprint density at radius 1 is 1.38 bits per heavy atom. The summed E-state index contributed by atoms with van der Waals surface area (Å²) < 4.78 is 12.8. The molecule has 0 saturated carbocycles. The normalized spacial score (nSPS) is 21.4. The van der Waals surface area contributed by atoms with Crippen LogP contribution < -0.4 is 0 Å². The highest BCUT2D eigenvalue weighted by atomic mass is 16.6. The molecule has 3 rings (SSSR count). The summed E-state index contributed by atoms with van der Waals surface area (Å²) in [6.45, 7) is 2.36. The second-order valence-electron chi connectivity index (χ2n) is 5.26. The van der Waals surface area contributed by atoms with Crippen LogP contribution in [0.25, 0.3) is 5.69 Å². The van der Waals surface area contributed by atoms with Gasteiger partial charge in [-0.3, -0.25) is 0 Å². The number of aromatic nitrogens is 2. The second-order valence-corrected chi connectivity index (χ2v) is 5.26. The second kappa shape index (κ2) is 6.10. The Labute approximate surface area is 123 Å². The van der Waals surface area contributed by atoms with Crippen molar-refractivity contribution in [2.45, 2.75) is 32.0 Å². The predicted octanol–water partition coefficient (Wildman–Crippen LogP) is 2.60. The monoisotopic (exact) mass is 286 g/mol. The van der Waals surface area contributed by atoms with Crippen LogP contribution in [0.3, 0.4) is 0 Å². The lowest BCUT2D eigenvalue weighted by Gasteiger charge is -2.11. The number of hydrogen-bond acceptors (Lipinski definition) is 4. The highest BCUT2D eigenvalue weighted by molar-refractivity contribution is 5.89. The van der Waals surface area contributed by atoms with Gasteiger partial charge in [0.25, 0.3) is 0 Å². The molecule has 1 aliphatic heterocycles. The molecular formula is C16H18N2O3. The maximum atomic E-state index is 12.0. The highest BCUT2D eigenvalue weighted by Gasteiger charge is 2.23. The molecule has 2 aromatic rings. The third kappa shape index (κ3) is 3.31. The molecule has 0 amide bonds.